The van der Waals surface area contributed by atoms with Crippen molar-refractivity contribution in [2.75, 3.05) is 12.4 Å². The van der Waals surface area contributed by atoms with E-state index in [-0.39, 0.29) is 16.4 Å². The number of hydrogen-bond donors (Lipinski definition) is 2. The zero-order valence-corrected chi connectivity index (χ0v) is 11.2. The molecule has 6 nitrogen and oxygen atoms in total. The van der Waals surface area contributed by atoms with Gasteiger partial charge in [-0.1, -0.05) is 11.3 Å². The molecule has 0 unspecified atom stereocenters. The number of nitrogens with zero attached hydrogens (tertiary/aromatic N) is 2. The summed E-state index contributed by atoms with van der Waals surface area (Å²) in [7, 11) is 1.29. The molecule has 1 aromatic carbocycles. The maximum Gasteiger partial charge on any atom is 0.445 e. The van der Waals surface area contributed by atoms with Crippen molar-refractivity contribution in [3.8, 4) is 5.75 Å². The molecule has 0 aliphatic carbocycles. The van der Waals surface area contributed by atoms with Gasteiger partial charge in [-0.05, 0) is 12.1 Å². The van der Waals surface area contributed by atoms with Crippen LogP contribution in [-0.2, 0) is 6.18 Å². The van der Waals surface area contributed by atoms with Gasteiger partial charge in [-0.2, -0.15) is 13.2 Å². The Bertz CT molecular complexity index is 672. The van der Waals surface area contributed by atoms with Crippen LogP contribution in [0.25, 0.3) is 0 Å². The van der Waals surface area contributed by atoms with Crippen molar-refractivity contribution in [2.24, 2.45) is 0 Å². The predicted molar refractivity (Wildman–Crippen MR) is 68.1 cm³/mol. The van der Waals surface area contributed by atoms with Gasteiger partial charge in [-0.3, -0.25) is 0 Å². The van der Waals surface area contributed by atoms with Gasteiger partial charge < -0.3 is 15.2 Å². The van der Waals surface area contributed by atoms with Crippen LogP contribution in [0.2, 0.25) is 0 Å². The summed E-state index contributed by atoms with van der Waals surface area (Å²) in [5.41, 5.74) is 0.276. The smallest absolute Gasteiger partial charge is 0.445 e. The van der Waals surface area contributed by atoms with Crippen LogP contribution in [0.15, 0.2) is 18.2 Å². The molecule has 10 heteroatoms. The number of carboxylic acids is 1. The standard InChI is InChI=1S/C11H8F3N3O3S/c1-20-7-4-5(2-3-6(7)8(18)19)15-10-17-16-9(21-10)11(12,13)14/h2-4H,1H3,(H,15,17)(H,18,19). The zero-order valence-electron chi connectivity index (χ0n) is 10.4. The Balaban J connectivity index is 2.24. The van der Waals surface area contributed by atoms with Crippen molar-refractivity contribution in [3.63, 3.8) is 0 Å². The van der Waals surface area contributed by atoms with Gasteiger partial charge in [0.25, 0.3) is 0 Å². The van der Waals surface area contributed by atoms with Gasteiger partial charge in [0.05, 0.1) is 7.11 Å². The number of carbonyl (C=O) groups is 1. The van der Waals surface area contributed by atoms with E-state index in [4.69, 9.17) is 9.84 Å². The molecule has 0 bridgehead atoms. The van der Waals surface area contributed by atoms with Gasteiger partial charge >= 0.3 is 12.1 Å². The maximum atomic E-state index is 12.4. The van der Waals surface area contributed by atoms with Crippen LogP contribution in [0.1, 0.15) is 15.4 Å². The van der Waals surface area contributed by atoms with Crippen LogP contribution < -0.4 is 10.1 Å². The molecular formula is C11H8F3N3O3S. The average molecular weight is 319 g/mol. The SMILES string of the molecule is COc1cc(Nc2nnc(C(F)(F)F)s2)ccc1C(=O)O. The molecule has 0 saturated heterocycles. The van der Waals surface area contributed by atoms with Crippen molar-refractivity contribution < 1.29 is 27.8 Å². The third-order valence-electron chi connectivity index (χ3n) is 2.35. The average Bonchev–Trinajstić information content (AvgIpc) is 2.86. The Hall–Kier alpha value is -2.36. The Morgan fingerprint density at radius 2 is 2.10 bits per heavy atom. The Kier molecular flexibility index (Phi) is 3.98. The summed E-state index contributed by atoms with van der Waals surface area (Å²) in [6, 6.07) is 4.01. The lowest BCUT2D eigenvalue weighted by Gasteiger charge is -2.08. The lowest BCUT2D eigenvalue weighted by atomic mass is 10.2. The fourth-order valence-corrected chi connectivity index (χ4v) is 2.09. The summed E-state index contributed by atoms with van der Waals surface area (Å²) >= 11 is 0.343. The Labute approximate surface area is 120 Å². The van der Waals surface area contributed by atoms with Gasteiger partial charge in [0, 0.05) is 11.8 Å². The van der Waals surface area contributed by atoms with Gasteiger partial charge in [0.15, 0.2) is 0 Å². The van der Waals surface area contributed by atoms with E-state index in [1.807, 2.05) is 0 Å². The molecule has 2 rings (SSSR count). The summed E-state index contributed by atoms with van der Waals surface area (Å²) < 4.78 is 42.1. The first-order valence-electron chi connectivity index (χ1n) is 5.40. The third kappa shape index (κ3) is 3.40. The highest BCUT2D eigenvalue weighted by atomic mass is 32.1. The highest BCUT2D eigenvalue weighted by Gasteiger charge is 2.35. The lowest BCUT2D eigenvalue weighted by molar-refractivity contribution is -0.138. The Morgan fingerprint density at radius 3 is 2.62 bits per heavy atom. The zero-order chi connectivity index (χ0) is 15.6. The van der Waals surface area contributed by atoms with Crippen LogP contribution in [0.5, 0.6) is 5.75 Å². The predicted octanol–water partition coefficient (Wildman–Crippen LogP) is 3.01. The van der Waals surface area contributed by atoms with Crippen molar-refractivity contribution in [1.82, 2.24) is 10.2 Å². The number of rotatable bonds is 4. The molecule has 1 heterocycles. The van der Waals surface area contributed by atoms with E-state index < -0.39 is 17.2 Å². The number of methoxy groups -OCH3 is 1. The molecule has 2 aromatic rings. The number of aromatic nitrogens is 2. The molecule has 0 spiro atoms. The number of benzene rings is 1. The van der Waals surface area contributed by atoms with E-state index in [0.29, 0.717) is 17.0 Å². The van der Waals surface area contributed by atoms with Crippen molar-refractivity contribution in [1.29, 1.82) is 0 Å². The number of aromatic carboxylic acids is 1. The summed E-state index contributed by atoms with van der Waals surface area (Å²) in [5.74, 6) is -1.10. The van der Waals surface area contributed by atoms with E-state index in [1.165, 1.54) is 25.3 Å². The van der Waals surface area contributed by atoms with Gasteiger partial charge in [-0.25, -0.2) is 4.79 Å². The molecule has 0 aliphatic rings. The molecule has 0 aliphatic heterocycles. The topological polar surface area (TPSA) is 84.3 Å². The molecule has 2 N–H and O–H groups in total. The highest BCUT2D eigenvalue weighted by molar-refractivity contribution is 7.15. The number of halogens is 3. The van der Waals surface area contributed by atoms with E-state index in [1.54, 1.807) is 0 Å². The lowest BCUT2D eigenvalue weighted by Crippen LogP contribution is -2.03. The highest BCUT2D eigenvalue weighted by Crippen LogP contribution is 2.34. The van der Waals surface area contributed by atoms with E-state index >= 15 is 0 Å². The van der Waals surface area contributed by atoms with Crippen LogP contribution in [0.3, 0.4) is 0 Å². The fourth-order valence-electron chi connectivity index (χ4n) is 1.46. The van der Waals surface area contributed by atoms with Gasteiger partial charge in [-0.15, -0.1) is 10.2 Å². The number of anilines is 2. The normalized spacial score (nSPS) is 11.2. The molecular weight excluding hydrogens is 311 g/mol. The van der Waals surface area contributed by atoms with E-state index in [0.717, 1.165) is 0 Å². The van der Waals surface area contributed by atoms with Crippen molar-refractivity contribution >= 4 is 28.1 Å². The second kappa shape index (κ2) is 5.56. The van der Waals surface area contributed by atoms with Crippen LogP contribution >= 0.6 is 11.3 Å². The van der Waals surface area contributed by atoms with Crippen LogP contribution in [0, 0.1) is 0 Å². The first kappa shape index (κ1) is 15.0. The number of carboxylic acid groups (broad SMARTS) is 1. The third-order valence-corrected chi connectivity index (χ3v) is 3.23. The Morgan fingerprint density at radius 1 is 1.38 bits per heavy atom. The number of hydrogen-bond acceptors (Lipinski definition) is 6. The van der Waals surface area contributed by atoms with Gasteiger partial charge in [0.2, 0.25) is 10.1 Å². The summed E-state index contributed by atoms with van der Waals surface area (Å²) in [5, 5.41) is 16.8. The quantitative estimate of drug-likeness (QED) is 0.901. The second-order valence-electron chi connectivity index (χ2n) is 3.76. The molecule has 0 saturated carbocycles. The molecule has 21 heavy (non-hydrogen) atoms. The minimum Gasteiger partial charge on any atom is -0.496 e. The minimum absolute atomic E-state index is 0.0590. The molecule has 0 atom stereocenters. The van der Waals surface area contributed by atoms with Crippen molar-refractivity contribution in [3.05, 3.63) is 28.8 Å². The summed E-state index contributed by atoms with van der Waals surface area (Å²) in [6.07, 6.45) is -4.55. The number of nitrogens with one attached hydrogen (secondary N) is 1. The van der Waals surface area contributed by atoms with E-state index in [9.17, 15) is 18.0 Å². The number of ether oxygens (including phenoxy) is 1. The van der Waals surface area contributed by atoms with Crippen molar-refractivity contribution in [2.45, 2.75) is 6.18 Å². The molecule has 1 aromatic heterocycles. The van der Waals surface area contributed by atoms with Gasteiger partial charge in [0.1, 0.15) is 11.3 Å². The molecule has 0 radical (unpaired) electrons. The van der Waals surface area contributed by atoms with Crippen LogP contribution in [-0.4, -0.2) is 28.4 Å². The minimum atomic E-state index is -4.55. The largest absolute Gasteiger partial charge is 0.496 e. The fraction of sp³-hybridized carbons (Fsp3) is 0.182. The first-order chi connectivity index (χ1) is 9.81. The number of alkyl halides is 3. The first-order valence-corrected chi connectivity index (χ1v) is 6.22. The van der Waals surface area contributed by atoms with Crippen LogP contribution in [0.4, 0.5) is 24.0 Å². The summed E-state index contributed by atoms with van der Waals surface area (Å²) in [6.45, 7) is 0. The monoisotopic (exact) mass is 319 g/mol. The summed E-state index contributed by atoms with van der Waals surface area (Å²) in [4.78, 5) is 10.9. The molecule has 112 valence electrons. The van der Waals surface area contributed by atoms with E-state index in [2.05, 4.69) is 15.5 Å². The maximum absolute atomic E-state index is 12.4. The molecule has 0 fully saturated rings. The molecule has 0 amide bonds. The second-order valence-corrected chi connectivity index (χ2v) is 4.73.